The Bertz CT molecular complexity index is 1630. The summed E-state index contributed by atoms with van der Waals surface area (Å²) < 4.78 is 26.7. The molecule has 1 aromatic heterocycles. The Hall–Kier alpha value is -3.78. The molecule has 0 radical (unpaired) electrons. The number of hydrogen-bond donors (Lipinski definition) is 0. The molecule has 0 N–H and O–H groups in total. The standard InChI is InChI=1S/C29H24ClN3O3S/c1-19-8-12-24(13-9-19)33(37(35)36)29(34)23-11-14-26-28(18-23)32(20(2)31-26)27-15-10-22(17-25(27)30)16-21-6-4-3-5-7-21/h3-15,17-18H,16H2,1-2H3,(H,35,36)/p-1. The molecule has 1 unspecified atom stereocenters. The lowest BCUT2D eigenvalue weighted by molar-refractivity contribution is 0.100. The first-order chi connectivity index (χ1) is 17.8. The molecule has 37 heavy (non-hydrogen) atoms. The van der Waals surface area contributed by atoms with E-state index in [1.165, 1.54) is 5.56 Å². The number of rotatable bonds is 6. The molecular weight excluding hydrogens is 506 g/mol. The van der Waals surface area contributed by atoms with Crippen molar-refractivity contribution in [2.45, 2.75) is 20.3 Å². The number of nitrogens with zero attached hydrogens (tertiary/aromatic N) is 3. The van der Waals surface area contributed by atoms with Crippen molar-refractivity contribution < 1.29 is 13.6 Å². The molecule has 0 spiro atoms. The number of hydrogen-bond acceptors (Lipinski definition) is 4. The zero-order valence-corrected chi connectivity index (χ0v) is 21.8. The first-order valence-electron chi connectivity index (χ1n) is 11.6. The topological polar surface area (TPSA) is 78.3 Å². The van der Waals surface area contributed by atoms with Crippen LogP contribution in [-0.2, 0) is 17.7 Å². The molecule has 0 aliphatic rings. The molecular formula is C29H23ClN3O3S-. The van der Waals surface area contributed by atoms with Gasteiger partial charge in [0.25, 0.3) is 5.91 Å². The first-order valence-corrected chi connectivity index (χ1v) is 13.0. The van der Waals surface area contributed by atoms with E-state index in [1.807, 2.05) is 54.8 Å². The van der Waals surface area contributed by atoms with Crippen LogP contribution < -0.4 is 4.31 Å². The van der Waals surface area contributed by atoms with Gasteiger partial charge in [-0.2, -0.15) is 0 Å². The second kappa shape index (κ2) is 10.3. The van der Waals surface area contributed by atoms with Gasteiger partial charge in [-0.3, -0.25) is 13.6 Å². The summed E-state index contributed by atoms with van der Waals surface area (Å²) in [4.78, 5) is 18.0. The lowest BCUT2D eigenvalue weighted by atomic mass is 10.0. The highest BCUT2D eigenvalue weighted by Crippen LogP contribution is 2.30. The summed E-state index contributed by atoms with van der Waals surface area (Å²) in [5, 5.41) is 0.550. The van der Waals surface area contributed by atoms with Crippen LogP contribution >= 0.6 is 11.6 Å². The van der Waals surface area contributed by atoms with Crippen LogP contribution in [0.2, 0.25) is 5.02 Å². The van der Waals surface area contributed by atoms with E-state index >= 15 is 0 Å². The molecule has 0 fully saturated rings. The average Bonchev–Trinajstić information content (AvgIpc) is 3.20. The third-order valence-corrected chi connectivity index (χ3v) is 7.15. The third kappa shape index (κ3) is 5.06. The van der Waals surface area contributed by atoms with Crippen LogP contribution in [-0.4, -0.2) is 24.2 Å². The molecule has 0 saturated carbocycles. The number of aryl methyl sites for hydroxylation is 2. The van der Waals surface area contributed by atoms with E-state index in [4.69, 9.17) is 11.6 Å². The molecule has 1 heterocycles. The number of amides is 1. The molecule has 8 heteroatoms. The van der Waals surface area contributed by atoms with Crippen molar-refractivity contribution in [2.75, 3.05) is 4.31 Å². The maximum Gasteiger partial charge on any atom is 0.269 e. The summed E-state index contributed by atoms with van der Waals surface area (Å²) in [7, 11) is 0. The third-order valence-electron chi connectivity index (χ3n) is 6.18. The van der Waals surface area contributed by atoms with Gasteiger partial charge < -0.3 is 4.55 Å². The number of anilines is 1. The fourth-order valence-corrected chi connectivity index (χ4v) is 5.20. The summed E-state index contributed by atoms with van der Waals surface area (Å²) in [5.41, 5.74) is 5.76. The molecule has 6 nitrogen and oxygen atoms in total. The SMILES string of the molecule is Cc1ccc(N(C(=O)c2ccc3nc(C)n(-c4ccc(Cc5ccccc5)cc4Cl)c3c2)S(=O)[O-])cc1. The summed E-state index contributed by atoms with van der Waals surface area (Å²) in [5.74, 6) is 0.0360. The van der Waals surface area contributed by atoms with Crippen molar-refractivity contribution in [3.05, 3.63) is 124 Å². The lowest BCUT2D eigenvalue weighted by Crippen LogP contribution is -2.32. The second-order valence-corrected chi connectivity index (χ2v) is 10.0. The summed E-state index contributed by atoms with van der Waals surface area (Å²) in [6.45, 7) is 3.75. The average molecular weight is 529 g/mol. The highest BCUT2D eigenvalue weighted by atomic mass is 35.5. The highest BCUT2D eigenvalue weighted by Gasteiger charge is 2.21. The maximum atomic E-state index is 13.3. The Morgan fingerprint density at radius 3 is 2.35 bits per heavy atom. The Morgan fingerprint density at radius 1 is 0.946 bits per heavy atom. The molecule has 5 aromatic rings. The van der Waals surface area contributed by atoms with E-state index in [2.05, 4.69) is 17.1 Å². The predicted molar refractivity (Wildman–Crippen MR) is 147 cm³/mol. The molecule has 186 valence electrons. The van der Waals surface area contributed by atoms with Gasteiger partial charge in [0.05, 0.1) is 38.7 Å². The van der Waals surface area contributed by atoms with Gasteiger partial charge in [-0.05, 0) is 73.9 Å². The number of carbonyl (C=O) groups is 1. The van der Waals surface area contributed by atoms with Gasteiger partial charge in [0.15, 0.2) is 0 Å². The molecule has 0 saturated heterocycles. The second-order valence-electron chi connectivity index (χ2n) is 8.80. The Kier molecular flexibility index (Phi) is 6.93. The van der Waals surface area contributed by atoms with Crippen molar-refractivity contribution in [1.82, 2.24) is 9.55 Å². The van der Waals surface area contributed by atoms with E-state index in [1.54, 1.807) is 42.5 Å². The van der Waals surface area contributed by atoms with Crippen LogP contribution in [0, 0.1) is 13.8 Å². The molecule has 5 rings (SSSR count). The van der Waals surface area contributed by atoms with E-state index in [0.29, 0.717) is 21.9 Å². The van der Waals surface area contributed by atoms with Gasteiger partial charge in [0.2, 0.25) is 0 Å². The monoisotopic (exact) mass is 528 g/mol. The van der Waals surface area contributed by atoms with Gasteiger partial charge in [-0.15, -0.1) is 0 Å². The molecule has 0 bridgehead atoms. The number of aromatic nitrogens is 2. The maximum absolute atomic E-state index is 13.3. The minimum absolute atomic E-state index is 0.218. The Morgan fingerprint density at radius 2 is 1.68 bits per heavy atom. The number of carbonyl (C=O) groups excluding carboxylic acids is 1. The molecule has 0 aliphatic carbocycles. The molecule has 4 aromatic carbocycles. The smallest absolute Gasteiger partial charge is 0.269 e. The Labute approximate surface area is 222 Å². The number of imidazole rings is 1. The highest BCUT2D eigenvalue weighted by molar-refractivity contribution is 7.81. The number of benzene rings is 4. The van der Waals surface area contributed by atoms with Gasteiger partial charge in [-0.1, -0.05) is 65.7 Å². The number of fused-ring (bicyclic) bond motifs is 1. The minimum Gasteiger partial charge on any atom is -0.755 e. The van der Waals surface area contributed by atoms with Crippen LogP contribution in [0.5, 0.6) is 0 Å². The summed E-state index contributed by atoms with van der Waals surface area (Å²) >= 11 is 3.95. The van der Waals surface area contributed by atoms with Gasteiger partial charge in [-0.25, -0.2) is 9.29 Å². The largest absolute Gasteiger partial charge is 0.755 e. The van der Waals surface area contributed by atoms with E-state index in [-0.39, 0.29) is 11.3 Å². The molecule has 0 aliphatic heterocycles. The van der Waals surface area contributed by atoms with Gasteiger partial charge in [0.1, 0.15) is 5.82 Å². The van der Waals surface area contributed by atoms with Crippen molar-refractivity contribution in [1.29, 1.82) is 0 Å². The zero-order valence-electron chi connectivity index (χ0n) is 20.2. The van der Waals surface area contributed by atoms with Crippen molar-refractivity contribution in [2.24, 2.45) is 0 Å². The van der Waals surface area contributed by atoms with Crippen LogP contribution in [0.15, 0.2) is 91.0 Å². The van der Waals surface area contributed by atoms with Crippen LogP contribution in [0.4, 0.5) is 5.69 Å². The zero-order chi connectivity index (χ0) is 26.1. The van der Waals surface area contributed by atoms with Crippen LogP contribution in [0.3, 0.4) is 0 Å². The van der Waals surface area contributed by atoms with Crippen molar-refractivity contribution in [3.8, 4) is 5.69 Å². The molecule has 1 amide bonds. The first kappa shape index (κ1) is 24.9. The number of halogens is 1. The minimum atomic E-state index is -2.79. The Balaban J connectivity index is 1.53. The van der Waals surface area contributed by atoms with E-state index in [0.717, 1.165) is 27.5 Å². The van der Waals surface area contributed by atoms with Crippen LogP contribution in [0.25, 0.3) is 16.7 Å². The summed E-state index contributed by atoms with van der Waals surface area (Å²) in [6.07, 6.45) is 0.754. The van der Waals surface area contributed by atoms with Gasteiger partial charge >= 0.3 is 0 Å². The van der Waals surface area contributed by atoms with Crippen molar-refractivity contribution in [3.63, 3.8) is 0 Å². The fraction of sp³-hybridized carbons (Fsp3) is 0.103. The quantitative estimate of drug-likeness (QED) is 0.241. The van der Waals surface area contributed by atoms with E-state index in [9.17, 15) is 13.6 Å². The summed E-state index contributed by atoms with van der Waals surface area (Å²) in [6, 6.07) is 27.7. The predicted octanol–water partition coefficient (Wildman–Crippen LogP) is 6.33. The molecule has 1 atom stereocenters. The van der Waals surface area contributed by atoms with Gasteiger partial charge in [0, 0.05) is 5.56 Å². The lowest BCUT2D eigenvalue weighted by Gasteiger charge is -2.24. The van der Waals surface area contributed by atoms with Crippen LogP contribution in [0.1, 0.15) is 32.9 Å². The van der Waals surface area contributed by atoms with E-state index < -0.39 is 17.2 Å². The van der Waals surface area contributed by atoms with Crippen molar-refractivity contribution >= 4 is 45.5 Å². The normalized spacial score (nSPS) is 12.0. The fourth-order valence-electron chi connectivity index (χ4n) is 4.37.